The molecule has 0 aliphatic carbocycles. The maximum atomic E-state index is 12.8. The smallest absolute Gasteiger partial charge is 0.362 e. The Hall–Kier alpha value is -3.23. The van der Waals surface area contributed by atoms with Crippen LogP contribution in [0, 0.1) is 0 Å². The second-order valence-corrected chi connectivity index (χ2v) is 18.4. The van der Waals surface area contributed by atoms with Crippen molar-refractivity contribution in [3.63, 3.8) is 0 Å². The largest absolute Gasteiger partial charge is 0.477 e. The van der Waals surface area contributed by atoms with Crippen LogP contribution >= 0.6 is 0 Å². The van der Waals surface area contributed by atoms with Crippen molar-refractivity contribution in [2.45, 2.75) is 225 Å². The van der Waals surface area contributed by atoms with Gasteiger partial charge in [0.05, 0.1) is 34.4 Å². The quantitative estimate of drug-likeness (QED) is 0.0214. The van der Waals surface area contributed by atoms with Gasteiger partial charge in [0.2, 0.25) is 0 Å². The summed E-state index contributed by atoms with van der Waals surface area (Å²) in [6.07, 6.45) is 59.4. The monoisotopic (exact) mass is 897 g/mol. The first-order chi connectivity index (χ1) is 31.1. The van der Waals surface area contributed by atoms with Crippen LogP contribution in [0.2, 0.25) is 0 Å². The maximum absolute atomic E-state index is 12.8. The molecule has 0 saturated heterocycles. The topological polar surface area (TPSA) is 99.1 Å². The second-order valence-electron chi connectivity index (χ2n) is 18.4. The first kappa shape index (κ1) is 60.8. The SMILES string of the molecule is CC/C=C/C/C=C/C/C=C/C/C=C/CCCCCCCCCC(=O)OCC(COCCC(C(=O)O)[N+](C)(C)C)OC(=O)CCCCCCCCCCCC/C=C/C=C/CCCCCC. The maximum Gasteiger partial charge on any atom is 0.362 e. The fourth-order valence-corrected chi connectivity index (χ4v) is 7.37. The molecule has 0 saturated carbocycles. The Labute approximate surface area is 393 Å². The molecule has 8 heteroatoms. The number of carbonyl (C=O) groups is 3. The van der Waals surface area contributed by atoms with Crippen LogP contribution in [0.4, 0.5) is 0 Å². The van der Waals surface area contributed by atoms with Crippen molar-refractivity contribution in [3.8, 4) is 0 Å². The van der Waals surface area contributed by atoms with E-state index in [1.165, 1.54) is 109 Å². The van der Waals surface area contributed by atoms with Crippen LogP contribution in [0.25, 0.3) is 0 Å². The van der Waals surface area contributed by atoms with Crippen LogP contribution in [0.5, 0.6) is 0 Å². The molecule has 0 aliphatic rings. The summed E-state index contributed by atoms with van der Waals surface area (Å²) in [7, 11) is 5.53. The fraction of sp³-hybridized carbons (Fsp3) is 0.732. The zero-order valence-electron chi connectivity index (χ0n) is 42.0. The first-order valence-electron chi connectivity index (χ1n) is 26.0. The normalized spacial score (nSPS) is 13.5. The van der Waals surface area contributed by atoms with Crippen molar-refractivity contribution in [3.05, 3.63) is 72.9 Å². The number of ether oxygens (including phenoxy) is 3. The van der Waals surface area contributed by atoms with E-state index in [9.17, 15) is 19.5 Å². The zero-order valence-corrected chi connectivity index (χ0v) is 42.0. The Morgan fingerprint density at radius 3 is 1.39 bits per heavy atom. The van der Waals surface area contributed by atoms with Crippen LogP contribution in [0.15, 0.2) is 72.9 Å². The minimum absolute atomic E-state index is 0.0537. The van der Waals surface area contributed by atoms with Crippen molar-refractivity contribution >= 4 is 17.9 Å². The van der Waals surface area contributed by atoms with Gasteiger partial charge in [-0.25, -0.2) is 4.79 Å². The van der Waals surface area contributed by atoms with Gasteiger partial charge in [-0.1, -0.05) is 189 Å². The molecule has 0 amide bonds. The number of rotatable bonds is 46. The van der Waals surface area contributed by atoms with E-state index in [0.717, 1.165) is 70.6 Å². The lowest BCUT2D eigenvalue weighted by atomic mass is 10.1. The number of allylic oxidation sites excluding steroid dienone is 12. The number of carboxylic acid groups (broad SMARTS) is 1. The highest BCUT2D eigenvalue weighted by Gasteiger charge is 2.31. The van der Waals surface area contributed by atoms with E-state index in [4.69, 9.17) is 14.2 Å². The van der Waals surface area contributed by atoms with E-state index in [-0.39, 0.29) is 36.2 Å². The molecule has 368 valence electrons. The van der Waals surface area contributed by atoms with Crippen LogP contribution in [0.3, 0.4) is 0 Å². The van der Waals surface area contributed by atoms with Crippen LogP contribution in [-0.2, 0) is 28.6 Å². The van der Waals surface area contributed by atoms with Gasteiger partial charge in [0, 0.05) is 19.3 Å². The number of hydrogen-bond acceptors (Lipinski definition) is 6. The molecule has 0 fully saturated rings. The van der Waals surface area contributed by atoms with E-state index < -0.39 is 18.1 Å². The molecule has 0 rings (SSSR count). The van der Waals surface area contributed by atoms with Gasteiger partial charge in [-0.2, -0.15) is 0 Å². The molecular formula is C56H98NO7+. The fourth-order valence-electron chi connectivity index (χ4n) is 7.37. The lowest BCUT2D eigenvalue weighted by Gasteiger charge is -2.31. The van der Waals surface area contributed by atoms with Gasteiger partial charge in [0.15, 0.2) is 12.1 Å². The van der Waals surface area contributed by atoms with E-state index >= 15 is 0 Å². The summed E-state index contributed by atoms with van der Waals surface area (Å²) >= 11 is 0. The van der Waals surface area contributed by atoms with Gasteiger partial charge in [-0.05, 0) is 77.0 Å². The van der Waals surface area contributed by atoms with E-state index in [2.05, 4.69) is 86.8 Å². The van der Waals surface area contributed by atoms with Gasteiger partial charge >= 0.3 is 17.9 Å². The molecule has 1 N–H and O–H groups in total. The lowest BCUT2D eigenvalue weighted by Crippen LogP contribution is -2.50. The van der Waals surface area contributed by atoms with E-state index in [0.29, 0.717) is 19.3 Å². The highest BCUT2D eigenvalue weighted by atomic mass is 16.6. The average molecular weight is 897 g/mol. The molecular weight excluding hydrogens is 799 g/mol. The average Bonchev–Trinajstić information content (AvgIpc) is 3.26. The molecule has 0 aliphatic heterocycles. The predicted octanol–water partition coefficient (Wildman–Crippen LogP) is 15.1. The molecule has 2 atom stereocenters. The number of unbranched alkanes of at least 4 members (excludes halogenated alkanes) is 21. The molecule has 0 aromatic heterocycles. The van der Waals surface area contributed by atoms with Crippen LogP contribution < -0.4 is 0 Å². The third-order valence-electron chi connectivity index (χ3n) is 11.4. The van der Waals surface area contributed by atoms with Gasteiger partial charge in [-0.15, -0.1) is 0 Å². The Morgan fingerprint density at radius 1 is 0.500 bits per heavy atom. The standard InChI is InChI=1S/C56H97NO7/c1-6-8-10-12-14-16-18-20-22-24-26-28-30-32-34-36-38-40-42-44-46-54(58)63-51-52(50-62-49-48-53(56(60)61)57(3,4)5)64-55(59)47-45-43-41-39-37-35-33-31-29-27-25-23-21-19-17-15-13-11-9-7-2/h8,10,14,16-17,19-23,26,28,52-53H,6-7,9,11-13,15,18,24-25,27,29-51H2,1-5H3/p+1/b10-8+,16-14+,19-17+,22-20+,23-21+,28-26+. The Balaban J connectivity index is 4.27. The molecule has 0 spiro atoms. The van der Waals surface area contributed by atoms with Crippen LogP contribution in [0.1, 0.15) is 213 Å². The van der Waals surface area contributed by atoms with Crippen molar-refractivity contribution < 1.29 is 38.2 Å². The summed E-state index contributed by atoms with van der Waals surface area (Å²) in [5.74, 6) is -1.48. The number of carbonyl (C=O) groups excluding carboxylic acids is 2. The molecule has 8 nitrogen and oxygen atoms in total. The minimum Gasteiger partial charge on any atom is -0.477 e. The summed E-state index contributed by atoms with van der Waals surface area (Å²) in [4.78, 5) is 37.2. The summed E-state index contributed by atoms with van der Waals surface area (Å²) in [5, 5.41) is 9.66. The lowest BCUT2D eigenvalue weighted by molar-refractivity contribution is -0.887. The second kappa shape index (κ2) is 46.3. The highest BCUT2D eigenvalue weighted by Crippen LogP contribution is 2.15. The van der Waals surface area contributed by atoms with Gasteiger partial charge in [0.25, 0.3) is 0 Å². The van der Waals surface area contributed by atoms with Gasteiger partial charge < -0.3 is 23.8 Å². The third-order valence-corrected chi connectivity index (χ3v) is 11.4. The predicted molar refractivity (Wildman–Crippen MR) is 270 cm³/mol. The number of hydrogen-bond donors (Lipinski definition) is 1. The number of quaternary nitrogens is 1. The number of nitrogens with zero attached hydrogens (tertiary/aromatic N) is 1. The molecule has 0 bridgehead atoms. The van der Waals surface area contributed by atoms with E-state index in [1.54, 1.807) is 0 Å². The Kier molecular flexibility index (Phi) is 44.0. The number of likely N-dealkylation sites (N-methyl/N-ethyl adjacent to an activating group) is 1. The Morgan fingerprint density at radius 2 is 0.922 bits per heavy atom. The van der Waals surface area contributed by atoms with Crippen LogP contribution in [-0.4, -0.2) is 80.6 Å². The highest BCUT2D eigenvalue weighted by molar-refractivity contribution is 5.72. The summed E-state index contributed by atoms with van der Waals surface area (Å²) in [5.41, 5.74) is 0. The minimum atomic E-state index is -0.878. The molecule has 0 heterocycles. The molecule has 2 unspecified atom stereocenters. The van der Waals surface area contributed by atoms with E-state index in [1.807, 2.05) is 21.1 Å². The number of aliphatic carboxylic acids is 1. The van der Waals surface area contributed by atoms with Crippen molar-refractivity contribution in [2.24, 2.45) is 0 Å². The van der Waals surface area contributed by atoms with Crippen molar-refractivity contribution in [1.82, 2.24) is 0 Å². The molecule has 0 aromatic rings. The molecule has 0 aromatic carbocycles. The molecule has 64 heavy (non-hydrogen) atoms. The summed E-state index contributed by atoms with van der Waals surface area (Å²) < 4.78 is 17.4. The summed E-state index contributed by atoms with van der Waals surface area (Å²) in [6, 6.07) is -0.621. The zero-order chi connectivity index (χ0) is 47.0. The van der Waals surface area contributed by atoms with Crippen molar-refractivity contribution in [1.29, 1.82) is 0 Å². The van der Waals surface area contributed by atoms with Gasteiger partial charge in [-0.3, -0.25) is 9.59 Å². The third kappa shape index (κ3) is 44.0. The first-order valence-corrected chi connectivity index (χ1v) is 26.0. The molecule has 0 radical (unpaired) electrons. The van der Waals surface area contributed by atoms with Crippen molar-refractivity contribution in [2.75, 3.05) is 41.0 Å². The summed E-state index contributed by atoms with van der Waals surface area (Å²) in [6.45, 7) is 4.60. The van der Waals surface area contributed by atoms with Gasteiger partial charge in [0.1, 0.15) is 6.61 Å². The Bertz CT molecular complexity index is 1270. The number of esters is 2. The number of carboxylic acids is 1.